The average molecular weight is 403 g/mol. The first-order valence-electron chi connectivity index (χ1n) is 11.2. The Labute approximate surface area is 176 Å². The number of piperazine rings is 1. The molecule has 29 heavy (non-hydrogen) atoms. The Morgan fingerprint density at radius 2 is 1.72 bits per heavy atom. The Hall–Kier alpha value is -2.17. The molecule has 0 N–H and O–H groups in total. The summed E-state index contributed by atoms with van der Waals surface area (Å²) < 4.78 is 0. The van der Waals surface area contributed by atoms with Crippen molar-refractivity contribution in [3.05, 3.63) is 29.8 Å². The maximum Gasteiger partial charge on any atom is 0.246 e. The third-order valence-electron chi connectivity index (χ3n) is 5.03. The Kier molecular flexibility index (Phi) is 11.3. The molecule has 0 unspecified atom stereocenters. The molecule has 5 heteroatoms. The van der Waals surface area contributed by atoms with Crippen molar-refractivity contribution >= 4 is 23.3 Å². The highest BCUT2D eigenvalue weighted by Gasteiger charge is 2.28. The van der Waals surface area contributed by atoms with Crippen LogP contribution in [0.4, 0.5) is 5.69 Å². The van der Waals surface area contributed by atoms with Gasteiger partial charge < -0.3 is 9.80 Å². The van der Waals surface area contributed by atoms with Gasteiger partial charge in [-0.3, -0.25) is 14.4 Å². The molecule has 1 aliphatic heterocycles. The van der Waals surface area contributed by atoms with Crippen LogP contribution >= 0.6 is 0 Å². The lowest BCUT2D eigenvalue weighted by molar-refractivity contribution is -0.136. The molecule has 2 rings (SSSR count). The van der Waals surface area contributed by atoms with E-state index in [4.69, 9.17) is 0 Å². The van der Waals surface area contributed by atoms with Crippen LogP contribution in [0.5, 0.6) is 0 Å². The molecule has 2 amide bonds. The minimum Gasteiger partial charge on any atom is -0.332 e. The maximum absolute atomic E-state index is 12.6. The van der Waals surface area contributed by atoms with E-state index >= 15 is 0 Å². The molecule has 0 saturated carbocycles. The van der Waals surface area contributed by atoms with Crippen LogP contribution in [0.2, 0.25) is 0 Å². The van der Waals surface area contributed by atoms with Crippen LogP contribution in [0.15, 0.2) is 24.3 Å². The molecular weight excluding hydrogens is 364 g/mol. The van der Waals surface area contributed by atoms with E-state index in [1.54, 1.807) is 21.9 Å². The highest BCUT2D eigenvalue weighted by molar-refractivity contribution is 6.01. The van der Waals surface area contributed by atoms with Gasteiger partial charge in [0.1, 0.15) is 6.54 Å². The van der Waals surface area contributed by atoms with E-state index in [-0.39, 0.29) is 30.1 Å². The largest absolute Gasteiger partial charge is 0.332 e. The van der Waals surface area contributed by atoms with Crippen LogP contribution in [-0.2, 0) is 9.59 Å². The Balaban J connectivity index is 0.00000204. The predicted molar refractivity (Wildman–Crippen MR) is 119 cm³/mol. The van der Waals surface area contributed by atoms with Crippen molar-refractivity contribution in [3.8, 4) is 0 Å². The Morgan fingerprint density at radius 3 is 2.34 bits per heavy atom. The number of hydrogen-bond acceptors (Lipinski definition) is 3. The standard InChI is InChI=1S/C22H32N2O3.C2H6/c1-4-5-6-7-8-12-20(25)23-13-14-24(21(26)16-23)19-11-9-10-18(15-19)22(27)17(2)3;1-2/h9-11,15,17H,4-8,12-14,16H2,1-3H3;1-2H3. The van der Waals surface area contributed by atoms with E-state index in [1.165, 1.54) is 19.3 Å². The quantitative estimate of drug-likeness (QED) is 0.427. The van der Waals surface area contributed by atoms with Crippen LogP contribution in [0.3, 0.4) is 0 Å². The normalized spacial score (nSPS) is 13.9. The van der Waals surface area contributed by atoms with Gasteiger partial charge in [0.25, 0.3) is 0 Å². The van der Waals surface area contributed by atoms with Gasteiger partial charge in [0, 0.05) is 36.7 Å². The first-order valence-corrected chi connectivity index (χ1v) is 11.2. The van der Waals surface area contributed by atoms with Crippen molar-refractivity contribution in [3.63, 3.8) is 0 Å². The van der Waals surface area contributed by atoms with Gasteiger partial charge in [0.05, 0.1) is 0 Å². The van der Waals surface area contributed by atoms with E-state index in [1.807, 2.05) is 39.8 Å². The van der Waals surface area contributed by atoms with Gasteiger partial charge in [0.2, 0.25) is 11.8 Å². The number of carbonyl (C=O) groups excluding carboxylic acids is 3. The zero-order valence-corrected chi connectivity index (χ0v) is 18.9. The lowest BCUT2D eigenvalue weighted by atomic mass is 10.0. The van der Waals surface area contributed by atoms with E-state index in [0.717, 1.165) is 18.5 Å². The highest BCUT2D eigenvalue weighted by Crippen LogP contribution is 2.21. The highest BCUT2D eigenvalue weighted by atomic mass is 16.2. The molecule has 0 atom stereocenters. The SMILES string of the molecule is CC.CCCCCCCC(=O)N1CCN(c2cccc(C(=O)C(C)C)c2)C(=O)C1. The molecule has 0 radical (unpaired) electrons. The molecule has 1 heterocycles. The van der Waals surface area contributed by atoms with Crippen LogP contribution in [0, 0.1) is 5.92 Å². The number of Topliss-reactive ketones (excluding diaryl/α,β-unsaturated/α-hetero) is 1. The summed E-state index contributed by atoms with van der Waals surface area (Å²) in [6.45, 7) is 11.0. The van der Waals surface area contributed by atoms with Gasteiger partial charge >= 0.3 is 0 Å². The van der Waals surface area contributed by atoms with Crippen molar-refractivity contribution in [2.45, 2.75) is 73.1 Å². The fourth-order valence-electron chi connectivity index (χ4n) is 3.36. The van der Waals surface area contributed by atoms with Crippen molar-refractivity contribution in [1.29, 1.82) is 0 Å². The van der Waals surface area contributed by atoms with E-state index in [2.05, 4.69) is 6.92 Å². The zero-order chi connectivity index (χ0) is 21.8. The minimum atomic E-state index is -0.0882. The molecule has 1 aromatic rings. The van der Waals surface area contributed by atoms with Gasteiger partial charge in [-0.05, 0) is 18.6 Å². The van der Waals surface area contributed by atoms with E-state index in [0.29, 0.717) is 25.1 Å². The van der Waals surface area contributed by atoms with Crippen LogP contribution < -0.4 is 4.90 Å². The lowest BCUT2D eigenvalue weighted by Crippen LogP contribution is -2.52. The van der Waals surface area contributed by atoms with Crippen LogP contribution in [0.1, 0.15) is 83.5 Å². The summed E-state index contributed by atoms with van der Waals surface area (Å²) in [4.78, 5) is 40.5. The zero-order valence-electron chi connectivity index (χ0n) is 18.9. The molecule has 0 bridgehead atoms. The number of benzene rings is 1. The Bertz CT molecular complexity index is 670. The van der Waals surface area contributed by atoms with Crippen molar-refractivity contribution in [2.24, 2.45) is 5.92 Å². The summed E-state index contributed by atoms with van der Waals surface area (Å²) in [5.74, 6) is -0.0260. The molecule has 1 fully saturated rings. The summed E-state index contributed by atoms with van der Waals surface area (Å²) in [7, 11) is 0. The van der Waals surface area contributed by atoms with Gasteiger partial charge in [-0.1, -0.05) is 72.4 Å². The van der Waals surface area contributed by atoms with E-state index in [9.17, 15) is 14.4 Å². The first kappa shape index (κ1) is 24.9. The van der Waals surface area contributed by atoms with Crippen LogP contribution in [-0.4, -0.2) is 42.1 Å². The first-order chi connectivity index (χ1) is 13.9. The van der Waals surface area contributed by atoms with Crippen molar-refractivity contribution in [2.75, 3.05) is 24.5 Å². The smallest absolute Gasteiger partial charge is 0.246 e. The third kappa shape index (κ3) is 7.64. The number of anilines is 1. The third-order valence-corrected chi connectivity index (χ3v) is 5.03. The molecule has 1 aromatic carbocycles. The maximum atomic E-state index is 12.6. The number of ketones is 1. The second kappa shape index (κ2) is 13.1. The summed E-state index contributed by atoms with van der Waals surface area (Å²) in [6.07, 6.45) is 6.06. The summed E-state index contributed by atoms with van der Waals surface area (Å²) in [6, 6.07) is 7.23. The van der Waals surface area contributed by atoms with Crippen molar-refractivity contribution in [1.82, 2.24) is 4.90 Å². The topological polar surface area (TPSA) is 57.7 Å². The van der Waals surface area contributed by atoms with Gasteiger partial charge in [-0.25, -0.2) is 0 Å². The fraction of sp³-hybridized carbons (Fsp3) is 0.625. The summed E-state index contributed by atoms with van der Waals surface area (Å²) >= 11 is 0. The second-order valence-corrected chi connectivity index (χ2v) is 7.59. The summed E-state index contributed by atoms with van der Waals surface area (Å²) in [5.41, 5.74) is 1.36. The molecule has 1 saturated heterocycles. The number of nitrogens with zero attached hydrogens (tertiary/aromatic N) is 2. The molecule has 0 aromatic heterocycles. The van der Waals surface area contributed by atoms with E-state index < -0.39 is 0 Å². The average Bonchev–Trinajstić information content (AvgIpc) is 2.74. The number of carbonyl (C=O) groups is 3. The number of amides is 2. The molecule has 162 valence electrons. The number of unbranched alkanes of at least 4 members (excludes halogenated alkanes) is 4. The van der Waals surface area contributed by atoms with Crippen molar-refractivity contribution < 1.29 is 14.4 Å². The monoisotopic (exact) mass is 402 g/mol. The number of rotatable bonds is 9. The minimum absolute atomic E-state index is 0.0705. The molecule has 5 nitrogen and oxygen atoms in total. The summed E-state index contributed by atoms with van der Waals surface area (Å²) in [5, 5.41) is 0. The van der Waals surface area contributed by atoms with Gasteiger partial charge in [-0.2, -0.15) is 0 Å². The fourth-order valence-corrected chi connectivity index (χ4v) is 3.36. The second-order valence-electron chi connectivity index (χ2n) is 7.59. The van der Waals surface area contributed by atoms with Gasteiger partial charge in [0.15, 0.2) is 5.78 Å². The molecule has 0 spiro atoms. The number of hydrogen-bond donors (Lipinski definition) is 0. The van der Waals surface area contributed by atoms with Crippen LogP contribution in [0.25, 0.3) is 0 Å². The molecule has 1 aliphatic rings. The van der Waals surface area contributed by atoms with Gasteiger partial charge in [-0.15, -0.1) is 0 Å². The molecular formula is C24H38N2O3. The predicted octanol–water partition coefficient (Wildman–Crippen LogP) is 5.09. The molecule has 0 aliphatic carbocycles. The lowest BCUT2D eigenvalue weighted by Gasteiger charge is -2.34. The Morgan fingerprint density at radius 1 is 1.03 bits per heavy atom.